The average Bonchev–Trinajstić information content (AvgIpc) is 2.40. The van der Waals surface area contributed by atoms with Crippen LogP contribution >= 0.6 is 0 Å². The summed E-state index contributed by atoms with van der Waals surface area (Å²) in [5.41, 5.74) is 1.25. The summed E-state index contributed by atoms with van der Waals surface area (Å²) in [7, 11) is 0. The van der Waals surface area contributed by atoms with Gasteiger partial charge in [-0.05, 0) is 36.8 Å². The Hall–Kier alpha value is -2.20. The molecule has 0 atom stereocenters. The van der Waals surface area contributed by atoms with Gasteiger partial charge in [-0.15, -0.1) is 0 Å². The summed E-state index contributed by atoms with van der Waals surface area (Å²) in [5, 5.41) is 8.94. The van der Waals surface area contributed by atoms with Crippen LogP contribution in [0.25, 0.3) is 0 Å². The highest BCUT2D eigenvalue weighted by molar-refractivity contribution is 5.96. The van der Waals surface area contributed by atoms with Crippen molar-refractivity contribution in [2.75, 3.05) is 0 Å². The lowest BCUT2D eigenvalue weighted by atomic mass is 10.2. The van der Waals surface area contributed by atoms with E-state index in [0.29, 0.717) is 17.2 Å². The van der Waals surface area contributed by atoms with Crippen molar-refractivity contribution in [3.8, 4) is 11.6 Å². The number of rotatable bonds is 4. The molecule has 0 aliphatic rings. The Morgan fingerprint density at radius 1 is 1.28 bits per heavy atom. The van der Waals surface area contributed by atoms with Crippen LogP contribution in [0.15, 0.2) is 42.6 Å². The fourth-order valence-corrected chi connectivity index (χ4v) is 1.51. The van der Waals surface area contributed by atoms with Crippen molar-refractivity contribution in [1.29, 1.82) is 0 Å². The molecule has 1 aromatic heterocycles. The van der Waals surface area contributed by atoms with Gasteiger partial charge < -0.3 is 9.84 Å². The molecule has 4 heteroatoms. The minimum atomic E-state index is -0.0925. The molecule has 0 aliphatic carbocycles. The molecule has 2 aromatic rings. The Labute approximate surface area is 105 Å². The number of nitrogens with zero attached hydrogens (tertiary/aromatic N) is 1. The number of aromatic nitrogens is 1. The smallest absolute Gasteiger partial charge is 0.230 e. The Kier molecular flexibility index (Phi) is 3.69. The van der Waals surface area contributed by atoms with Crippen molar-refractivity contribution < 1.29 is 14.6 Å². The highest BCUT2D eigenvalue weighted by Gasteiger charge is 2.09. The van der Waals surface area contributed by atoms with Crippen LogP contribution in [0.2, 0.25) is 0 Å². The first kappa shape index (κ1) is 12.3. The molecule has 0 amide bonds. The highest BCUT2D eigenvalue weighted by atomic mass is 16.5. The van der Waals surface area contributed by atoms with Crippen molar-refractivity contribution >= 4 is 5.78 Å². The number of benzene rings is 1. The second-order valence-electron chi connectivity index (χ2n) is 3.82. The Balaban J connectivity index is 2.25. The van der Waals surface area contributed by atoms with Crippen LogP contribution in [0.5, 0.6) is 11.6 Å². The lowest BCUT2D eigenvalue weighted by Gasteiger charge is -2.08. The van der Waals surface area contributed by atoms with E-state index in [1.54, 1.807) is 42.6 Å². The maximum absolute atomic E-state index is 11.4. The average molecular weight is 243 g/mol. The van der Waals surface area contributed by atoms with Crippen LogP contribution in [-0.2, 0) is 6.61 Å². The van der Waals surface area contributed by atoms with Crippen LogP contribution in [0.1, 0.15) is 22.8 Å². The van der Waals surface area contributed by atoms with Gasteiger partial charge in [0, 0.05) is 6.20 Å². The Morgan fingerprint density at radius 3 is 2.61 bits per heavy atom. The molecule has 0 aliphatic heterocycles. The number of carbonyl (C=O) groups excluding carboxylic acids is 1. The normalized spacial score (nSPS) is 10.1. The van der Waals surface area contributed by atoms with Gasteiger partial charge in [0.2, 0.25) is 5.88 Å². The molecular formula is C14H13NO3. The summed E-state index contributed by atoms with van der Waals surface area (Å²) >= 11 is 0. The number of hydrogen-bond acceptors (Lipinski definition) is 4. The van der Waals surface area contributed by atoms with Gasteiger partial charge >= 0.3 is 0 Å². The van der Waals surface area contributed by atoms with E-state index < -0.39 is 0 Å². The standard InChI is InChI=1S/C14H13NO3/c1-10(17)13-3-2-8-15-14(13)18-12-6-4-11(9-16)5-7-12/h2-8,16H,9H2,1H3. The summed E-state index contributed by atoms with van der Waals surface area (Å²) in [6.07, 6.45) is 1.57. The van der Waals surface area contributed by atoms with E-state index >= 15 is 0 Å². The number of aliphatic hydroxyl groups excluding tert-OH is 1. The Bertz CT molecular complexity index is 549. The first-order chi connectivity index (χ1) is 8.70. The van der Waals surface area contributed by atoms with Crippen LogP contribution in [0.4, 0.5) is 0 Å². The fourth-order valence-electron chi connectivity index (χ4n) is 1.51. The molecule has 2 rings (SSSR count). The molecule has 0 fully saturated rings. The molecule has 18 heavy (non-hydrogen) atoms. The molecule has 0 spiro atoms. The molecule has 1 aromatic carbocycles. The summed E-state index contributed by atoms with van der Waals surface area (Å²) in [6, 6.07) is 10.3. The first-order valence-corrected chi connectivity index (χ1v) is 5.54. The topological polar surface area (TPSA) is 59.4 Å². The third kappa shape index (κ3) is 2.73. The highest BCUT2D eigenvalue weighted by Crippen LogP contribution is 2.23. The minimum Gasteiger partial charge on any atom is -0.438 e. The quantitative estimate of drug-likeness (QED) is 0.838. The van der Waals surface area contributed by atoms with Gasteiger partial charge in [-0.3, -0.25) is 4.79 Å². The lowest BCUT2D eigenvalue weighted by molar-refractivity contribution is 0.101. The fraction of sp³-hybridized carbons (Fsp3) is 0.143. The summed E-state index contributed by atoms with van der Waals surface area (Å²) in [5.74, 6) is 0.778. The van der Waals surface area contributed by atoms with Gasteiger partial charge in [-0.25, -0.2) is 4.98 Å². The SMILES string of the molecule is CC(=O)c1cccnc1Oc1ccc(CO)cc1. The van der Waals surface area contributed by atoms with E-state index in [1.807, 2.05) is 0 Å². The van der Waals surface area contributed by atoms with Gasteiger partial charge in [0.05, 0.1) is 12.2 Å². The number of Topliss-reactive ketones (excluding diaryl/α,β-unsaturated/α-hetero) is 1. The van der Waals surface area contributed by atoms with E-state index in [9.17, 15) is 4.79 Å². The first-order valence-electron chi connectivity index (χ1n) is 5.54. The maximum atomic E-state index is 11.4. The number of pyridine rings is 1. The van der Waals surface area contributed by atoms with Crippen molar-refractivity contribution in [3.05, 3.63) is 53.7 Å². The molecule has 92 valence electrons. The predicted octanol–water partition coefficient (Wildman–Crippen LogP) is 2.57. The molecular weight excluding hydrogens is 230 g/mol. The number of aliphatic hydroxyl groups is 1. The summed E-state index contributed by atoms with van der Waals surface area (Å²) in [4.78, 5) is 15.4. The number of ether oxygens (including phenoxy) is 1. The number of carbonyl (C=O) groups is 1. The molecule has 0 unspecified atom stereocenters. The monoisotopic (exact) mass is 243 g/mol. The van der Waals surface area contributed by atoms with Crippen LogP contribution in [0.3, 0.4) is 0 Å². The zero-order valence-corrected chi connectivity index (χ0v) is 9.96. The lowest BCUT2D eigenvalue weighted by Crippen LogP contribution is -1.98. The van der Waals surface area contributed by atoms with Gasteiger partial charge in [0.15, 0.2) is 5.78 Å². The molecule has 0 saturated heterocycles. The predicted molar refractivity (Wildman–Crippen MR) is 66.7 cm³/mol. The maximum Gasteiger partial charge on any atom is 0.230 e. The van der Waals surface area contributed by atoms with Crippen molar-refractivity contribution in [1.82, 2.24) is 4.98 Å². The third-order valence-corrected chi connectivity index (χ3v) is 2.47. The van der Waals surface area contributed by atoms with Gasteiger partial charge in [0.25, 0.3) is 0 Å². The second-order valence-corrected chi connectivity index (χ2v) is 3.82. The van der Waals surface area contributed by atoms with E-state index in [-0.39, 0.29) is 12.4 Å². The molecule has 0 bridgehead atoms. The van der Waals surface area contributed by atoms with Crippen molar-refractivity contribution in [2.45, 2.75) is 13.5 Å². The van der Waals surface area contributed by atoms with Crippen molar-refractivity contribution in [3.63, 3.8) is 0 Å². The largest absolute Gasteiger partial charge is 0.438 e. The van der Waals surface area contributed by atoms with E-state index in [2.05, 4.69) is 4.98 Å². The zero-order chi connectivity index (χ0) is 13.0. The van der Waals surface area contributed by atoms with Gasteiger partial charge in [0.1, 0.15) is 5.75 Å². The zero-order valence-electron chi connectivity index (χ0n) is 9.96. The van der Waals surface area contributed by atoms with Crippen LogP contribution < -0.4 is 4.74 Å². The van der Waals surface area contributed by atoms with Gasteiger partial charge in [-0.2, -0.15) is 0 Å². The molecule has 1 N–H and O–H groups in total. The third-order valence-electron chi connectivity index (χ3n) is 2.47. The van der Waals surface area contributed by atoms with Crippen LogP contribution in [0, 0.1) is 0 Å². The second kappa shape index (κ2) is 5.42. The molecule has 1 heterocycles. The van der Waals surface area contributed by atoms with Gasteiger partial charge in [-0.1, -0.05) is 12.1 Å². The van der Waals surface area contributed by atoms with E-state index in [4.69, 9.17) is 9.84 Å². The minimum absolute atomic E-state index is 0.0113. The number of ketones is 1. The Morgan fingerprint density at radius 2 is 2.00 bits per heavy atom. The van der Waals surface area contributed by atoms with Crippen molar-refractivity contribution in [2.24, 2.45) is 0 Å². The number of hydrogen-bond donors (Lipinski definition) is 1. The van der Waals surface area contributed by atoms with E-state index in [0.717, 1.165) is 5.56 Å². The molecule has 0 radical (unpaired) electrons. The van der Waals surface area contributed by atoms with E-state index in [1.165, 1.54) is 6.92 Å². The molecule has 0 saturated carbocycles. The molecule has 4 nitrogen and oxygen atoms in total. The summed E-state index contributed by atoms with van der Waals surface area (Å²) in [6.45, 7) is 1.46. The van der Waals surface area contributed by atoms with Crippen LogP contribution in [-0.4, -0.2) is 15.9 Å². The summed E-state index contributed by atoms with van der Waals surface area (Å²) < 4.78 is 5.56.